The number of aromatic nitrogens is 1. The Kier molecular flexibility index (Phi) is 5.73. The normalized spacial score (nSPS) is 14.1. The Balaban J connectivity index is 1.32. The fourth-order valence-corrected chi connectivity index (χ4v) is 3.46. The highest BCUT2D eigenvalue weighted by atomic mass is 79.9. The first-order valence-electron chi connectivity index (χ1n) is 9.08. The zero-order valence-electron chi connectivity index (χ0n) is 15.2. The van der Waals surface area contributed by atoms with Crippen molar-refractivity contribution in [2.75, 3.05) is 43.1 Å². The molecule has 144 valence electrons. The van der Waals surface area contributed by atoms with Crippen LogP contribution < -0.4 is 15.0 Å². The van der Waals surface area contributed by atoms with Crippen molar-refractivity contribution >= 4 is 44.1 Å². The molecule has 7 heteroatoms. The average molecular weight is 442 g/mol. The molecule has 1 aliphatic heterocycles. The van der Waals surface area contributed by atoms with Gasteiger partial charge >= 0.3 is 0 Å². The van der Waals surface area contributed by atoms with E-state index in [1.807, 2.05) is 42.5 Å². The Hall–Kier alpha value is -2.64. The third kappa shape index (κ3) is 4.61. The number of carbonyl (C=O) groups is 1. The number of nitrogens with zero attached hydrogens (tertiary/aromatic N) is 2. The van der Waals surface area contributed by atoms with Crippen molar-refractivity contribution in [3.05, 3.63) is 59.2 Å². The second-order valence-corrected chi connectivity index (χ2v) is 7.41. The maximum atomic E-state index is 12.2. The van der Waals surface area contributed by atoms with Crippen LogP contribution in [0.2, 0.25) is 0 Å². The Bertz CT molecular complexity index is 972. The lowest BCUT2D eigenvalue weighted by Gasteiger charge is -2.28. The van der Waals surface area contributed by atoms with Crippen molar-refractivity contribution in [2.45, 2.75) is 0 Å². The van der Waals surface area contributed by atoms with Crippen LogP contribution in [0.3, 0.4) is 0 Å². The number of fused-ring (bicyclic) bond motifs is 1. The lowest BCUT2D eigenvalue weighted by atomic mass is 10.1. The molecule has 2 heterocycles. The summed E-state index contributed by atoms with van der Waals surface area (Å²) >= 11 is 3.46. The Morgan fingerprint density at radius 3 is 2.68 bits per heavy atom. The van der Waals surface area contributed by atoms with Crippen LogP contribution in [0.25, 0.3) is 10.8 Å². The quantitative estimate of drug-likeness (QED) is 0.651. The molecule has 4 rings (SSSR count). The van der Waals surface area contributed by atoms with Gasteiger partial charge in [-0.2, -0.15) is 0 Å². The van der Waals surface area contributed by atoms with E-state index >= 15 is 0 Å². The van der Waals surface area contributed by atoms with Crippen molar-refractivity contribution in [3.63, 3.8) is 0 Å². The van der Waals surface area contributed by atoms with Gasteiger partial charge in [-0.25, -0.2) is 4.98 Å². The predicted molar refractivity (Wildman–Crippen MR) is 113 cm³/mol. The lowest BCUT2D eigenvalue weighted by Crippen LogP contribution is -2.36. The highest BCUT2D eigenvalue weighted by Crippen LogP contribution is 2.24. The van der Waals surface area contributed by atoms with Gasteiger partial charge in [0.05, 0.1) is 25.1 Å². The van der Waals surface area contributed by atoms with Crippen LogP contribution in [0.5, 0.6) is 5.75 Å². The summed E-state index contributed by atoms with van der Waals surface area (Å²) in [6.07, 6.45) is 1.77. The Morgan fingerprint density at radius 2 is 1.89 bits per heavy atom. The number of ether oxygens (including phenoxy) is 2. The molecule has 6 nitrogen and oxygen atoms in total. The van der Waals surface area contributed by atoms with Gasteiger partial charge in [0.25, 0.3) is 5.91 Å². The highest BCUT2D eigenvalue weighted by Gasteiger charge is 2.12. The fraction of sp³-hybridized carbons (Fsp3) is 0.238. The van der Waals surface area contributed by atoms with E-state index in [1.165, 1.54) is 0 Å². The van der Waals surface area contributed by atoms with Gasteiger partial charge in [-0.15, -0.1) is 0 Å². The topological polar surface area (TPSA) is 63.7 Å². The molecule has 0 bridgehead atoms. The second-order valence-electron chi connectivity index (χ2n) is 6.49. The first kappa shape index (κ1) is 18.7. The number of rotatable bonds is 5. The van der Waals surface area contributed by atoms with Gasteiger partial charge in [0.2, 0.25) is 0 Å². The zero-order chi connectivity index (χ0) is 19.3. The third-order valence-corrected chi connectivity index (χ3v) is 5.03. The fourth-order valence-electron chi connectivity index (χ4n) is 3.08. The second kappa shape index (κ2) is 8.58. The molecule has 2 aromatic carbocycles. The molecule has 1 fully saturated rings. The molecule has 0 radical (unpaired) electrons. The summed E-state index contributed by atoms with van der Waals surface area (Å²) < 4.78 is 12.0. The number of anilines is 2. The summed E-state index contributed by atoms with van der Waals surface area (Å²) in [7, 11) is 0. The van der Waals surface area contributed by atoms with E-state index < -0.39 is 0 Å². The van der Waals surface area contributed by atoms with Gasteiger partial charge in [0.1, 0.15) is 11.6 Å². The zero-order valence-corrected chi connectivity index (χ0v) is 16.8. The van der Waals surface area contributed by atoms with E-state index in [4.69, 9.17) is 9.47 Å². The van der Waals surface area contributed by atoms with E-state index in [2.05, 4.69) is 31.1 Å². The Labute approximate surface area is 171 Å². The van der Waals surface area contributed by atoms with Crippen molar-refractivity contribution in [2.24, 2.45) is 0 Å². The standard InChI is InChI=1S/C21H20BrN3O3/c22-17-3-1-16-12-19(5-2-15(16)11-17)28-14-21(26)24-20-6-4-18(13-23-20)25-7-9-27-10-8-25/h1-6,11-13H,7-10,14H2,(H,23,24,26). The van der Waals surface area contributed by atoms with Crippen molar-refractivity contribution < 1.29 is 14.3 Å². The molecule has 1 N–H and O–H groups in total. The molecule has 1 saturated heterocycles. The summed E-state index contributed by atoms with van der Waals surface area (Å²) in [6.45, 7) is 3.08. The van der Waals surface area contributed by atoms with Gasteiger partial charge in [0, 0.05) is 17.6 Å². The highest BCUT2D eigenvalue weighted by molar-refractivity contribution is 9.10. The number of pyridine rings is 1. The molecule has 0 atom stereocenters. The summed E-state index contributed by atoms with van der Waals surface area (Å²) in [4.78, 5) is 18.7. The van der Waals surface area contributed by atoms with E-state index in [0.717, 1.165) is 47.2 Å². The summed E-state index contributed by atoms with van der Waals surface area (Å²) in [5, 5.41) is 4.93. The minimum absolute atomic E-state index is 0.0745. The molecule has 3 aromatic rings. The summed E-state index contributed by atoms with van der Waals surface area (Å²) in [5.41, 5.74) is 1.03. The maximum Gasteiger partial charge on any atom is 0.263 e. The van der Waals surface area contributed by atoms with Gasteiger partial charge in [-0.3, -0.25) is 4.79 Å². The van der Waals surface area contributed by atoms with E-state index in [-0.39, 0.29) is 12.5 Å². The molecule has 0 aliphatic carbocycles. The summed E-state index contributed by atoms with van der Waals surface area (Å²) in [6, 6.07) is 15.5. The number of hydrogen-bond donors (Lipinski definition) is 1. The average Bonchev–Trinajstić information content (AvgIpc) is 2.73. The number of amides is 1. The lowest BCUT2D eigenvalue weighted by molar-refractivity contribution is -0.118. The van der Waals surface area contributed by atoms with Crippen LogP contribution >= 0.6 is 15.9 Å². The number of nitrogens with one attached hydrogen (secondary N) is 1. The van der Waals surface area contributed by atoms with E-state index in [1.54, 1.807) is 12.3 Å². The molecular formula is C21H20BrN3O3. The predicted octanol–water partition coefficient (Wildman–Crippen LogP) is 3.85. The molecule has 1 aliphatic rings. The minimum Gasteiger partial charge on any atom is -0.484 e. The number of carbonyl (C=O) groups excluding carboxylic acids is 1. The SMILES string of the molecule is O=C(COc1ccc2cc(Br)ccc2c1)Nc1ccc(N2CCOCC2)cn1. The summed E-state index contributed by atoms with van der Waals surface area (Å²) in [5.74, 6) is 0.914. The monoisotopic (exact) mass is 441 g/mol. The van der Waals surface area contributed by atoms with Crippen molar-refractivity contribution in [3.8, 4) is 5.75 Å². The third-order valence-electron chi connectivity index (χ3n) is 4.54. The number of halogens is 1. The van der Waals surface area contributed by atoms with Crippen molar-refractivity contribution in [1.82, 2.24) is 4.98 Å². The maximum absolute atomic E-state index is 12.2. The van der Waals surface area contributed by atoms with Crippen LogP contribution in [0.1, 0.15) is 0 Å². The van der Waals surface area contributed by atoms with Crippen LogP contribution in [0.15, 0.2) is 59.2 Å². The molecule has 1 amide bonds. The van der Waals surface area contributed by atoms with Crippen LogP contribution in [-0.2, 0) is 9.53 Å². The smallest absolute Gasteiger partial charge is 0.263 e. The molecule has 0 saturated carbocycles. The van der Waals surface area contributed by atoms with Crippen LogP contribution in [0, 0.1) is 0 Å². The molecule has 0 unspecified atom stereocenters. The van der Waals surface area contributed by atoms with Gasteiger partial charge < -0.3 is 19.7 Å². The Morgan fingerprint density at radius 1 is 1.11 bits per heavy atom. The molecule has 28 heavy (non-hydrogen) atoms. The van der Waals surface area contributed by atoms with Gasteiger partial charge in [0.15, 0.2) is 6.61 Å². The number of hydrogen-bond acceptors (Lipinski definition) is 5. The van der Waals surface area contributed by atoms with Crippen LogP contribution in [0.4, 0.5) is 11.5 Å². The number of morpholine rings is 1. The van der Waals surface area contributed by atoms with Gasteiger partial charge in [-0.1, -0.05) is 28.1 Å². The van der Waals surface area contributed by atoms with Crippen LogP contribution in [-0.4, -0.2) is 43.8 Å². The number of benzene rings is 2. The van der Waals surface area contributed by atoms with Crippen molar-refractivity contribution in [1.29, 1.82) is 0 Å². The van der Waals surface area contributed by atoms with E-state index in [9.17, 15) is 4.79 Å². The van der Waals surface area contributed by atoms with E-state index in [0.29, 0.717) is 11.6 Å². The molecule has 0 spiro atoms. The molecule has 1 aromatic heterocycles. The minimum atomic E-state index is -0.248. The largest absolute Gasteiger partial charge is 0.484 e. The first-order valence-corrected chi connectivity index (χ1v) is 9.87. The molecular weight excluding hydrogens is 422 g/mol. The first-order chi connectivity index (χ1) is 13.7. The van der Waals surface area contributed by atoms with Gasteiger partial charge in [-0.05, 0) is 47.2 Å².